The van der Waals surface area contributed by atoms with Crippen molar-refractivity contribution in [3.8, 4) is 0 Å². The van der Waals surface area contributed by atoms with E-state index in [1.54, 1.807) is 0 Å². The third kappa shape index (κ3) is 5.32. The molecule has 0 amide bonds. The summed E-state index contributed by atoms with van der Waals surface area (Å²) in [6.45, 7) is 27.4. The smallest absolute Gasteiger partial charge is 0.0717 e. The SMILES string of the molecule is CC(C)(C)N(O)c1ccc([Si](C)(C)[Si](C)(C)[Si](C)(C)c2ccc(N(O)C(C)(C)C)cc2)cc1. The van der Waals surface area contributed by atoms with Gasteiger partial charge >= 0.3 is 0 Å². The van der Waals surface area contributed by atoms with E-state index < -0.39 is 22.3 Å². The van der Waals surface area contributed by atoms with Crippen LogP contribution in [-0.2, 0) is 0 Å². The summed E-state index contributed by atoms with van der Waals surface area (Å²) in [6.07, 6.45) is 0. The molecule has 0 spiro atoms. The van der Waals surface area contributed by atoms with Crippen LogP contribution >= 0.6 is 0 Å². The van der Waals surface area contributed by atoms with E-state index in [1.807, 2.05) is 41.5 Å². The van der Waals surface area contributed by atoms with Gasteiger partial charge in [0.25, 0.3) is 0 Å². The van der Waals surface area contributed by atoms with Crippen molar-refractivity contribution >= 4 is 44.0 Å². The molecule has 0 aliphatic carbocycles. The van der Waals surface area contributed by atoms with Gasteiger partial charge in [0.15, 0.2) is 0 Å². The van der Waals surface area contributed by atoms with Gasteiger partial charge in [-0.15, -0.1) is 0 Å². The van der Waals surface area contributed by atoms with Crippen molar-refractivity contribution in [1.82, 2.24) is 0 Å². The Morgan fingerprint density at radius 2 is 0.758 bits per heavy atom. The maximum absolute atomic E-state index is 10.5. The van der Waals surface area contributed by atoms with E-state index in [0.717, 1.165) is 11.4 Å². The molecule has 7 heteroatoms. The maximum Gasteiger partial charge on any atom is 0.0717 e. The minimum absolute atomic E-state index is 0.333. The Hall–Kier alpha value is -1.39. The first-order chi connectivity index (χ1) is 14.7. The standard InChI is InChI=1S/C26H46N2O2Si3/c1-25(2,3)27(29)21-13-17-23(18-14-21)31(7,8)33(11,12)32(9,10)24-19-15-22(16-20-24)28(30)26(4,5)6/h13-20,29-30H,1-12H3. The summed E-state index contributed by atoms with van der Waals surface area (Å²) in [6, 6.07) is 17.3. The van der Waals surface area contributed by atoms with Gasteiger partial charge in [-0.25, -0.2) is 0 Å². The number of hydrogen-bond acceptors (Lipinski definition) is 4. The fourth-order valence-corrected chi connectivity index (χ4v) is 36.0. The quantitative estimate of drug-likeness (QED) is 0.372. The molecule has 0 radical (unpaired) electrons. The molecule has 184 valence electrons. The second-order valence-electron chi connectivity index (χ2n) is 12.9. The van der Waals surface area contributed by atoms with E-state index in [-0.39, 0.29) is 11.1 Å². The van der Waals surface area contributed by atoms with Gasteiger partial charge in [0, 0.05) is 7.11 Å². The topological polar surface area (TPSA) is 46.9 Å². The zero-order valence-corrected chi connectivity index (χ0v) is 25.9. The van der Waals surface area contributed by atoms with Gasteiger partial charge < -0.3 is 0 Å². The molecule has 0 unspecified atom stereocenters. The molecule has 0 atom stereocenters. The Morgan fingerprint density at radius 1 is 0.515 bits per heavy atom. The number of hydroxylamine groups is 2. The van der Waals surface area contributed by atoms with Crippen molar-refractivity contribution in [3.63, 3.8) is 0 Å². The highest BCUT2D eigenvalue weighted by Crippen LogP contribution is 2.31. The monoisotopic (exact) mass is 502 g/mol. The van der Waals surface area contributed by atoms with E-state index >= 15 is 0 Å². The maximum atomic E-state index is 10.5. The minimum atomic E-state index is -1.75. The van der Waals surface area contributed by atoms with Crippen LogP contribution in [0.25, 0.3) is 0 Å². The summed E-state index contributed by atoms with van der Waals surface area (Å²) in [4.78, 5) is 0. The van der Waals surface area contributed by atoms with Gasteiger partial charge in [-0.2, -0.15) is 0 Å². The average Bonchev–Trinajstić information content (AvgIpc) is 2.71. The number of rotatable bonds is 6. The average molecular weight is 503 g/mol. The molecule has 0 aromatic heterocycles. The number of nitrogens with zero attached hydrogens (tertiary/aromatic N) is 2. The Morgan fingerprint density at radius 3 is 0.970 bits per heavy atom. The zero-order valence-electron chi connectivity index (χ0n) is 22.9. The van der Waals surface area contributed by atoms with Crippen molar-refractivity contribution < 1.29 is 10.4 Å². The fourth-order valence-electron chi connectivity index (χ4n) is 4.32. The minimum Gasteiger partial charge on any atom is -0.288 e. The molecule has 2 rings (SSSR count). The first kappa shape index (κ1) is 27.9. The van der Waals surface area contributed by atoms with E-state index in [0.29, 0.717) is 0 Å². The normalized spacial score (nSPS) is 13.8. The first-order valence-electron chi connectivity index (χ1n) is 11.9. The lowest BCUT2D eigenvalue weighted by molar-refractivity contribution is 0.181. The van der Waals surface area contributed by atoms with Crippen molar-refractivity contribution in [2.24, 2.45) is 0 Å². The summed E-state index contributed by atoms with van der Waals surface area (Å²) in [5.74, 6) is 0. The summed E-state index contributed by atoms with van der Waals surface area (Å²) >= 11 is 0. The second-order valence-corrected chi connectivity index (χ2v) is 40.3. The Bertz CT molecular complexity index is 864. The number of anilines is 2. The molecule has 0 saturated carbocycles. The van der Waals surface area contributed by atoms with Crippen LogP contribution in [-0.4, -0.2) is 43.8 Å². The summed E-state index contributed by atoms with van der Waals surface area (Å²) in [5.41, 5.74) is 1.02. The van der Waals surface area contributed by atoms with E-state index in [4.69, 9.17) is 0 Å². The molecule has 4 nitrogen and oxygen atoms in total. The molecule has 0 aliphatic heterocycles. The largest absolute Gasteiger partial charge is 0.288 e. The van der Waals surface area contributed by atoms with Crippen LogP contribution in [0.1, 0.15) is 41.5 Å². The highest BCUT2D eigenvalue weighted by molar-refractivity contribution is 7.73. The van der Waals surface area contributed by atoms with Gasteiger partial charge in [-0.1, -0.05) is 73.9 Å². The third-order valence-corrected chi connectivity index (χ3v) is 49.6. The highest BCUT2D eigenvalue weighted by atomic mass is 29.6. The molecule has 2 N–H and O–H groups in total. The molecule has 0 heterocycles. The molecular weight excluding hydrogens is 457 g/mol. The summed E-state index contributed by atoms with van der Waals surface area (Å²) in [7, 11) is -5.18. The number of benzene rings is 2. The van der Waals surface area contributed by atoms with Crippen molar-refractivity contribution in [2.45, 2.75) is 91.9 Å². The van der Waals surface area contributed by atoms with Crippen LogP contribution in [0.15, 0.2) is 48.5 Å². The van der Waals surface area contributed by atoms with Gasteiger partial charge in [-0.05, 0) is 65.8 Å². The first-order valence-corrected chi connectivity index (χ1v) is 22.9. The van der Waals surface area contributed by atoms with E-state index in [1.165, 1.54) is 20.5 Å². The third-order valence-electron chi connectivity index (χ3n) is 8.06. The van der Waals surface area contributed by atoms with Crippen LogP contribution < -0.4 is 20.5 Å². The van der Waals surface area contributed by atoms with Crippen LogP contribution in [0.5, 0.6) is 0 Å². The molecular formula is C26H46N2O2Si3. The van der Waals surface area contributed by atoms with Crippen molar-refractivity contribution in [2.75, 3.05) is 10.1 Å². The summed E-state index contributed by atoms with van der Waals surface area (Å²) < 4.78 is 0. The van der Waals surface area contributed by atoms with Gasteiger partial charge in [0.1, 0.15) is 0 Å². The lowest BCUT2D eigenvalue weighted by atomic mass is 10.1. The Balaban J connectivity index is 2.39. The van der Waals surface area contributed by atoms with Gasteiger partial charge in [0.05, 0.1) is 37.6 Å². The van der Waals surface area contributed by atoms with Crippen LogP contribution in [0, 0.1) is 0 Å². The lowest BCUT2D eigenvalue weighted by Crippen LogP contribution is -2.78. The molecule has 0 aliphatic rings. The lowest BCUT2D eigenvalue weighted by Gasteiger charge is -2.49. The van der Waals surface area contributed by atoms with Crippen molar-refractivity contribution in [3.05, 3.63) is 48.5 Å². The molecule has 0 bridgehead atoms. The molecule has 33 heavy (non-hydrogen) atoms. The second kappa shape index (κ2) is 9.00. The van der Waals surface area contributed by atoms with Gasteiger partial charge in [0.2, 0.25) is 0 Å². The Kier molecular flexibility index (Phi) is 7.60. The predicted octanol–water partition coefficient (Wildman–Crippen LogP) is 6.07. The van der Waals surface area contributed by atoms with E-state index in [9.17, 15) is 10.4 Å². The molecule has 2 aromatic rings. The Labute approximate surface area is 204 Å². The van der Waals surface area contributed by atoms with Crippen LogP contribution in [0.2, 0.25) is 39.3 Å². The van der Waals surface area contributed by atoms with Gasteiger partial charge in [-0.3, -0.25) is 20.5 Å². The molecule has 0 saturated heterocycles. The van der Waals surface area contributed by atoms with Crippen molar-refractivity contribution in [1.29, 1.82) is 0 Å². The number of hydrogen-bond donors (Lipinski definition) is 2. The van der Waals surface area contributed by atoms with Crippen LogP contribution in [0.4, 0.5) is 11.4 Å². The van der Waals surface area contributed by atoms with E-state index in [2.05, 4.69) is 87.8 Å². The predicted molar refractivity (Wildman–Crippen MR) is 153 cm³/mol. The summed E-state index contributed by atoms with van der Waals surface area (Å²) in [5, 5.41) is 26.7. The zero-order chi connectivity index (χ0) is 25.6. The molecule has 2 aromatic carbocycles. The molecule has 0 fully saturated rings. The highest BCUT2D eigenvalue weighted by Gasteiger charge is 2.53. The fraction of sp³-hybridized carbons (Fsp3) is 0.538. The van der Waals surface area contributed by atoms with Crippen LogP contribution in [0.3, 0.4) is 0 Å².